The Balaban J connectivity index is 5.21. The van der Waals surface area contributed by atoms with Crippen LogP contribution < -0.4 is 0 Å². The molecule has 0 fully saturated rings. The van der Waals surface area contributed by atoms with Crippen LogP contribution in [0.5, 0.6) is 0 Å². The topological polar surface area (TPSA) is 237 Å². The largest absolute Gasteiger partial charge is 0.472 e. The summed E-state index contributed by atoms with van der Waals surface area (Å²) in [5.41, 5.74) is 0. The molecule has 630 valence electrons. The minimum atomic E-state index is -4.97. The molecule has 0 aliphatic rings. The molecule has 3 unspecified atom stereocenters. The van der Waals surface area contributed by atoms with Gasteiger partial charge in [-0.05, 0) is 43.4 Å². The number of carbonyl (C=O) groups is 4. The Hall–Kier alpha value is -1.94. The van der Waals surface area contributed by atoms with Gasteiger partial charge in [0.25, 0.3) is 0 Å². The Morgan fingerprint density at radius 2 is 0.481 bits per heavy atom. The zero-order chi connectivity index (χ0) is 77.9. The number of unbranched alkanes of at least 4 members (excludes halogenated alkanes) is 52. The summed E-state index contributed by atoms with van der Waals surface area (Å²) in [6, 6.07) is 0. The summed E-state index contributed by atoms with van der Waals surface area (Å²) < 4.78 is 68.9. The third-order valence-corrected chi connectivity index (χ3v) is 22.6. The molecule has 0 aromatic heterocycles. The number of carbonyl (C=O) groups excluding carboxylic acids is 4. The van der Waals surface area contributed by atoms with Gasteiger partial charge in [-0.2, -0.15) is 0 Å². The summed E-state index contributed by atoms with van der Waals surface area (Å²) in [7, 11) is -9.93. The fourth-order valence-electron chi connectivity index (χ4n) is 13.5. The molecular weight excluding hydrogens is 1380 g/mol. The number of esters is 4. The van der Waals surface area contributed by atoms with Crippen LogP contribution in [0, 0.1) is 17.8 Å². The summed E-state index contributed by atoms with van der Waals surface area (Å²) in [6.07, 6.45) is 68.3. The maximum Gasteiger partial charge on any atom is 0.472 e. The van der Waals surface area contributed by atoms with Gasteiger partial charge in [0.05, 0.1) is 26.4 Å². The number of hydrogen-bond donors (Lipinski definition) is 3. The number of rotatable bonds is 85. The lowest BCUT2D eigenvalue weighted by molar-refractivity contribution is -0.161. The molecule has 0 amide bonds. The van der Waals surface area contributed by atoms with Gasteiger partial charge in [0.1, 0.15) is 19.3 Å². The van der Waals surface area contributed by atoms with Crippen molar-refractivity contribution in [2.24, 2.45) is 17.8 Å². The van der Waals surface area contributed by atoms with Crippen LogP contribution in [0.15, 0.2) is 0 Å². The van der Waals surface area contributed by atoms with Crippen molar-refractivity contribution in [2.45, 2.75) is 478 Å². The maximum atomic E-state index is 13.2. The monoisotopic (exact) mass is 1550 g/mol. The van der Waals surface area contributed by atoms with E-state index in [2.05, 4.69) is 48.5 Å². The zero-order valence-corrected chi connectivity index (χ0v) is 71.7. The van der Waals surface area contributed by atoms with E-state index < -0.39 is 97.5 Å². The second-order valence-corrected chi connectivity index (χ2v) is 35.4. The Labute approximate surface area is 651 Å². The van der Waals surface area contributed by atoms with Crippen molar-refractivity contribution in [3.05, 3.63) is 0 Å². The van der Waals surface area contributed by atoms with Gasteiger partial charge in [-0.25, -0.2) is 9.13 Å². The molecule has 0 heterocycles. The number of hydrogen-bond acceptors (Lipinski definition) is 15. The molecule has 17 nitrogen and oxygen atoms in total. The molecule has 19 heteroatoms. The summed E-state index contributed by atoms with van der Waals surface area (Å²) in [5.74, 6) is 0.217. The normalized spacial score (nSPS) is 14.1. The third-order valence-electron chi connectivity index (χ3n) is 20.7. The Morgan fingerprint density at radius 1 is 0.274 bits per heavy atom. The Bertz CT molecular complexity index is 2050. The first-order valence-electron chi connectivity index (χ1n) is 44.9. The molecule has 106 heavy (non-hydrogen) atoms. The highest BCUT2D eigenvalue weighted by Gasteiger charge is 2.31. The molecule has 0 aromatic carbocycles. The molecule has 0 aliphatic heterocycles. The van der Waals surface area contributed by atoms with Crippen LogP contribution in [0.1, 0.15) is 459 Å². The molecule has 0 aromatic rings. The summed E-state index contributed by atoms with van der Waals surface area (Å²) in [4.78, 5) is 73.2. The second kappa shape index (κ2) is 77.0. The number of phosphoric ester groups is 2. The minimum Gasteiger partial charge on any atom is -0.462 e. The molecule has 6 atom stereocenters. The molecule has 0 radical (unpaired) electrons. The van der Waals surface area contributed by atoms with Crippen molar-refractivity contribution >= 4 is 39.5 Å². The Morgan fingerprint density at radius 3 is 0.717 bits per heavy atom. The highest BCUT2D eigenvalue weighted by molar-refractivity contribution is 7.47. The van der Waals surface area contributed by atoms with Crippen molar-refractivity contribution < 1.29 is 80.2 Å². The van der Waals surface area contributed by atoms with E-state index in [1.54, 1.807) is 0 Å². The first kappa shape index (κ1) is 104. The van der Waals surface area contributed by atoms with Crippen molar-refractivity contribution in [2.75, 3.05) is 39.6 Å². The van der Waals surface area contributed by atoms with Crippen LogP contribution in [0.25, 0.3) is 0 Å². The van der Waals surface area contributed by atoms with Gasteiger partial charge in [-0.1, -0.05) is 408 Å². The molecule has 3 N–H and O–H groups in total. The predicted octanol–water partition coefficient (Wildman–Crippen LogP) is 26.5. The van der Waals surface area contributed by atoms with Gasteiger partial charge in [-0.15, -0.1) is 0 Å². The SMILES string of the molecule is CCCCCCCCCCCCCCCCCCCCCCCCC(=O)O[C@H](COC(=O)CCCCCCCCCCCCCCCCC(C)CC)COP(=O)(O)OC[C@@H](O)COP(=O)(O)OC[C@@H](COC(=O)CCCCCCCCC(C)C)OC(=O)CCCCCCCCCCCCCCCCC(C)C. The highest BCUT2D eigenvalue weighted by Crippen LogP contribution is 2.45. The van der Waals surface area contributed by atoms with E-state index >= 15 is 0 Å². The van der Waals surface area contributed by atoms with Crippen LogP contribution in [-0.2, 0) is 65.4 Å². The van der Waals surface area contributed by atoms with Crippen molar-refractivity contribution in [1.82, 2.24) is 0 Å². The van der Waals surface area contributed by atoms with Crippen LogP contribution in [0.3, 0.4) is 0 Å². The van der Waals surface area contributed by atoms with E-state index in [1.165, 1.54) is 263 Å². The van der Waals surface area contributed by atoms with E-state index in [0.29, 0.717) is 31.6 Å². The summed E-state index contributed by atoms with van der Waals surface area (Å²) >= 11 is 0. The number of ether oxygens (including phenoxy) is 4. The fourth-order valence-corrected chi connectivity index (χ4v) is 15.1. The molecule has 0 saturated carbocycles. The average molecular weight is 1550 g/mol. The van der Waals surface area contributed by atoms with Crippen molar-refractivity contribution in [3.8, 4) is 0 Å². The van der Waals surface area contributed by atoms with E-state index in [-0.39, 0.29) is 25.7 Å². The van der Waals surface area contributed by atoms with Gasteiger partial charge in [0, 0.05) is 25.7 Å². The standard InChI is InChI=1S/C87H170O17P2/c1-8-10-11-12-13-14-15-16-17-18-19-20-21-22-23-24-32-37-42-47-56-63-70-86(91)103-82(74-97-84(89)68-61-54-46-41-36-31-28-26-30-35-40-45-53-60-67-80(7)9-2)76-101-105(93,94)99-72-81(88)73-100-106(95,96)102-77-83(75-98-85(90)69-62-55-50-49-52-59-66-79(5)6)104-87(92)71-64-57-48-43-38-33-27-25-29-34-39-44-51-58-65-78(3)4/h78-83,88H,8-77H2,1-7H3,(H,93,94)(H,95,96)/t80?,81-,82-,83-/m1/s1. The zero-order valence-electron chi connectivity index (χ0n) is 69.9. The van der Waals surface area contributed by atoms with Crippen LogP contribution >= 0.6 is 15.6 Å². The highest BCUT2D eigenvalue weighted by atomic mass is 31.2. The van der Waals surface area contributed by atoms with Gasteiger partial charge >= 0.3 is 39.5 Å². The van der Waals surface area contributed by atoms with Crippen LogP contribution in [-0.4, -0.2) is 96.7 Å². The first-order chi connectivity index (χ1) is 51.3. The van der Waals surface area contributed by atoms with Gasteiger partial charge in [0.15, 0.2) is 12.2 Å². The molecule has 0 aliphatic carbocycles. The molecule has 0 bridgehead atoms. The number of aliphatic hydroxyl groups excluding tert-OH is 1. The molecule has 0 spiro atoms. The maximum absolute atomic E-state index is 13.2. The van der Waals surface area contributed by atoms with Gasteiger partial charge in [-0.3, -0.25) is 37.3 Å². The number of phosphoric acid groups is 2. The van der Waals surface area contributed by atoms with Gasteiger partial charge in [0.2, 0.25) is 0 Å². The van der Waals surface area contributed by atoms with E-state index in [0.717, 1.165) is 108 Å². The molecule has 0 saturated heterocycles. The first-order valence-corrected chi connectivity index (χ1v) is 47.9. The lowest BCUT2D eigenvalue weighted by Crippen LogP contribution is -2.30. The molecular formula is C87H170O17P2. The van der Waals surface area contributed by atoms with Crippen molar-refractivity contribution in [3.63, 3.8) is 0 Å². The minimum absolute atomic E-state index is 0.107. The molecule has 0 rings (SSSR count). The quantitative estimate of drug-likeness (QED) is 0.0222. The van der Waals surface area contributed by atoms with E-state index in [1.807, 2.05) is 0 Å². The fraction of sp³-hybridized carbons (Fsp3) is 0.954. The smallest absolute Gasteiger partial charge is 0.462 e. The van der Waals surface area contributed by atoms with Crippen LogP contribution in [0.4, 0.5) is 0 Å². The Kier molecular flexibility index (Phi) is 75.6. The van der Waals surface area contributed by atoms with E-state index in [9.17, 15) is 43.2 Å². The summed E-state index contributed by atoms with van der Waals surface area (Å²) in [6.45, 7) is 12.0. The lowest BCUT2D eigenvalue weighted by atomic mass is 9.99. The summed E-state index contributed by atoms with van der Waals surface area (Å²) in [5, 5.41) is 10.7. The van der Waals surface area contributed by atoms with Crippen molar-refractivity contribution in [1.29, 1.82) is 0 Å². The number of aliphatic hydroxyl groups is 1. The average Bonchev–Trinajstić information content (AvgIpc) is 0.901. The third kappa shape index (κ3) is 78.7. The van der Waals surface area contributed by atoms with Gasteiger partial charge < -0.3 is 33.8 Å². The lowest BCUT2D eigenvalue weighted by Gasteiger charge is -2.21. The van der Waals surface area contributed by atoms with E-state index in [4.69, 9.17) is 37.0 Å². The van der Waals surface area contributed by atoms with Crippen LogP contribution in [0.2, 0.25) is 0 Å². The second-order valence-electron chi connectivity index (χ2n) is 32.5. The predicted molar refractivity (Wildman–Crippen MR) is 437 cm³/mol.